The molecule has 2 aliphatic carbocycles. The number of hydrogen-bond acceptors (Lipinski definition) is 3. The third-order valence-corrected chi connectivity index (χ3v) is 17.1. The lowest BCUT2D eigenvalue weighted by atomic mass is 9.32. The Morgan fingerprint density at radius 2 is 1.09 bits per heavy atom. The normalized spacial score (nSPS) is 18.3. The highest BCUT2D eigenvalue weighted by Gasteiger charge is 2.48. The minimum atomic E-state index is -0.0955. The summed E-state index contributed by atoms with van der Waals surface area (Å²) in [5.41, 5.74) is 24.3. The largest absolute Gasteiger partial charge is 0.457 e. The van der Waals surface area contributed by atoms with Gasteiger partial charge >= 0.3 is 0 Å². The Labute approximate surface area is 399 Å². The second-order valence-corrected chi connectivity index (χ2v) is 24.3. The van der Waals surface area contributed by atoms with Gasteiger partial charge in [0.2, 0.25) is 0 Å². The van der Waals surface area contributed by atoms with E-state index < -0.39 is 0 Å². The molecule has 0 fully saturated rings. The molecule has 0 spiro atoms. The third kappa shape index (κ3) is 6.23. The van der Waals surface area contributed by atoms with Crippen LogP contribution in [0.25, 0.3) is 33.1 Å². The molecule has 0 radical (unpaired) electrons. The average Bonchev–Trinajstić information content (AvgIpc) is 3.67. The van der Waals surface area contributed by atoms with Gasteiger partial charge in [-0.3, -0.25) is 0 Å². The van der Waals surface area contributed by atoms with E-state index in [2.05, 4.69) is 220 Å². The van der Waals surface area contributed by atoms with Crippen LogP contribution < -0.4 is 26.2 Å². The molecule has 67 heavy (non-hydrogen) atoms. The first-order valence-corrected chi connectivity index (χ1v) is 25.0. The van der Waals surface area contributed by atoms with Crippen LogP contribution in [-0.4, -0.2) is 6.71 Å². The van der Waals surface area contributed by atoms with Gasteiger partial charge in [-0.1, -0.05) is 143 Å². The van der Waals surface area contributed by atoms with Gasteiger partial charge in [-0.15, -0.1) is 0 Å². The van der Waals surface area contributed by atoms with E-state index in [-0.39, 0.29) is 33.8 Å². The average molecular weight is 877 g/mol. The molecule has 336 valence electrons. The number of anilines is 6. The fourth-order valence-electron chi connectivity index (χ4n) is 12.7. The van der Waals surface area contributed by atoms with E-state index in [1.54, 1.807) is 0 Å². The quantitative estimate of drug-likeness (QED) is 0.165. The van der Waals surface area contributed by atoms with Crippen molar-refractivity contribution >= 4 is 79.2 Å². The van der Waals surface area contributed by atoms with Crippen LogP contribution in [-0.2, 0) is 27.1 Å². The fourth-order valence-corrected chi connectivity index (χ4v) is 12.7. The van der Waals surface area contributed by atoms with Gasteiger partial charge in [0.15, 0.2) is 0 Å². The smallest absolute Gasteiger partial charge is 0.257 e. The van der Waals surface area contributed by atoms with Gasteiger partial charge < -0.3 is 14.2 Å². The maximum Gasteiger partial charge on any atom is 0.257 e. The van der Waals surface area contributed by atoms with Gasteiger partial charge in [0.05, 0.1) is 0 Å². The van der Waals surface area contributed by atoms with Crippen molar-refractivity contribution in [2.75, 3.05) is 9.80 Å². The van der Waals surface area contributed by atoms with Crippen LogP contribution in [0.15, 0.2) is 132 Å². The van der Waals surface area contributed by atoms with E-state index in [4.69, 9.17) is 4.42 Å². The van der Waals surface area contributed by atoms with Crippen molar-refractivity contribution in [1.29, 1.82) is 0 Å². The van der Waals surface area contributed by atoms with Crippen LogP contribution in [0, 0.1) is 6.92 Å². The van der Waals surface area contributed by atoms with E-state index in [1.807, 2.05) is 0 Å². The minimum absolute atomic E-state index is 0.00498. The monoisotopic (exact) mass is 877 g/mol. The van der Waals surface area contributed by atoms with Crippen LogP contribution >= 0.6 is 0 Å². The second kappa shape index (κ2) is 14.0. The molecule has 0 bridgehead atoms. The van der Waals surface area contributed by atoms with Gasteiger partial charge in [0.1, 0.15) is 11.2 Å². The summed E-state index contributed by atoms with van der Waals surface area (Å²) < 4.78 is 7.31. The lowest BCUT2D eigenvalue weighted by Crippen LogP contribution is -2.62. The van der Waals surface area contributed by atoms with Gasteiger partial charge in [0, 0.05) is 44.9 Å². The van der Waals surface area contributed by atoms with Crippen molar-refractivity contribution in [3.63, 3.8) is 0 Å². The van der Waals surface area contributed by atoms with E-state index in [0.717, 1.165) is 30.4 Å². The van der Waals surface area contributed by atoms with E-state index >= 15 is 0 Å². The maximum absolute atomic E-state index is 7.31. The van der Waals surface area contributed by atoms with Crippen molar-refractivity contribution < 1.29 is 4.42 Å². The third-order valence-electron chi connectivity index (χ3n) is 17.1. The molecular formula is C63H65BN2O. The molecule has 8 aromatic rings. The molecule has 1 aromatic heterocycles. The highest BCUT2D eigenvalue weighted by atomic mass is 16.3. The number of fused-ring (bicyclic) bond motifs is 10. The Balaban J connectivity index is 1.26. The highest BCUT2D eigenvalue weighted by molar-refractivity contribution is 7.01. The summed E-state index contributed by atoms with van der Waals surface area (Å²) in [6.45, 7) is 28.8. The first-order chi connectivity index (χ1) is 31.7. The number of benzene rings is 7. The molecule has 3 nitrogen and oxygen atoms in total. The molecule has 0 N–H and O–H groups in total. The Morgan fingerprint density at radius 1 is 0.478 bits per heavy atom. The summed E-state index contributed by atoms with van der Waals surface area (Å²) in [5, 5.41) is 2.36. The summed E-state index contributed by atoms with van der Waals surface area (Å²) >= 11 is 0. The van der Waals surface area contributed by atoms with Crippen LogP contribution in [0.2, 0.25) is 0 Å². The molecular weight excluding hydrogens is 812 g/mol. The summed E-state index contributed by atoms with van der Waals surface area (Å²) in [6.07, 6.45) is 4.66. The zero-order chi connectivity index (χ0) is 46.7. The van der Waals surface area contributed by atoms with Gasteiger partial charge in [-0.2, -0.15) is 0 Å². The number of aryl methyl sites for hydroxylation is 1. The molecule has 0 saturated heterocycles. The van der Waals surface area contributed by atoms with E-state index in [0.29, 0.717) is 0 Å². The van der Waals surface area contributed by atoms with Crippen molar-refractivity contribution in [2.24, 2.45) is 0 Å². The Bertz CT molecular complexity index is 3380. The number of para-hydroxylation sites is 1. The molecule has 2 aliphatic heterocycles. The molecule has 4 heteroatoms. The maximum atomic E-state index is 7.31. The number of hydrogen-bond donors (Lipinski definition) is 0. The topological polar surface area (TPSA) is 19.6 Å². The predicted octanol–water partition coefficient (Wildman–Crippen LogP) is 15.6. The predicted molar refractivity (Wildman–Crippen MR) is 287 cm³/mol. The molecule has 0 unspecified atom stereocenters. The first-order valence-electron chi connectivity index (χ1n) is 25.0. The standard InChI is InChI=1S/C63H65BN2O/c1-38-18-16-17-21-50(38)66-51-26-24-43-44-34-41(59(2,3)4)22-27-55(44)67-58(43)57(51)64-49-36-47-48(63(11,12)31-30-62(47,9)10)37-52(49)65(42-23-25-45-46(35-42)61(7,8)29-28-60(45,5)6)53-32-40(33-54(66)56(53)64)39-19-14-13-15-20-39/h13-27,32-37H,28-31H2,1-12H3. The zero-order valence-electron chi connectivity index (χ0n) is 41.8. The van der Waals surface area contributed by atoms with Crippen LogP contribution in [0.1, 0.15) is 135 Å². The molecule has 12 rings (SSSR count). The SMILES string of the molecule is Cc1ccccc1N1c2cc(-c3ccccc3)cc3c2B(c2cc4c(cc2N3c2ccc3c(c2)C(C)(C)CCC3(C)C)C(C)(C)CCC4(C)C)c2c1ccc1c2oc2ccc(C(C)(C)C)cc21. The van der Waals surface area contributed by atoms with Crippen molar-refractivity contribution in [2.45, 2.75) is 136 Å². The van der Waals surface area contributed by atoms with Crippen LogP contribution in [0.3, 0.4) is 0 Å². The Morgan fingerprint density at radius 3 is 1.76 bits per heavy atom. The zero-order valence-corrected chi connectivity index (χ0v) is 41.8. The molecule has 3 heterocycles. The second-order valence-electron chi connectivity index (χ2n) is 24.3. The Kier molecular flexibility index (Phi) is 8.87. The molecule has 0 atom stereocenters. The molecule has 7 aromatic carbocycles. The number of furan rings is 1. The summed E-state index contributed by atoms with van der Waals surface area (Å²) in [7, 11) is 0. The van der Waals surface area contributed by atoms with Crippen LogP contribution in [0.5, 0.6) is 0 Å². The Hall–Kier alpha value is -6.00. The van der Waals surface area contributed by atoms with E-state index in [1.165, 1.54) is 112 Å². The summed E-state index contributed by atoms with van der Waals surface area (Å²) in [6, 6.07) is 49.4. The fraction of sp³-hybridized carbons (Fsp3) is 0.333. The number of nitrogens with zero attached hydrogens (tertiary/aromatic N) is 2. The minimum Gasteiger partial charge on any atom is -0.457 e. The summed E-state index contributed by atoms with van der Waals surface area (Å²) in [5.74, 6) is 0. The van der Waals surface area contributed by atoms with Crippen molar-refractivity contribution in [3.8, 4) is 11.1 Å². The first kappa shape index (κ1) is 42.4. The lowest BCUT2D eigenvalue weighted by Gasteiger charge is -2.48. The highest BCUT2D eigenvalue weighted by Crippen LogP contribution is 2.54. The van der Waals surface area contributed by atoms with Crippen molar-refractivity contribution in [1.82, 2.24) is 0 Å². The number of rotatable bonds is 3. The van der Waals surface area contributed by atoms with E-state index in [9.17, 15) is 0 Å². The molecule has 4 aliphatic rings. The van der Waals surface area contributed by atoms with Gasteiger partial charge in [0.25, 0.3) is 6.71 Å². The lowest BCUT2D eigenvalue weighted by molar-refractivity contribution is 0.332. The summed E-state index contributed by atoms with van der Waals surface area (Å²) in [4.78, 5) is 5.26. The molecule has 0 amide bonds. The molecule has 0 saturated carbocycles. The van der Waals surface area contributed by atoms with Gasteiger partial charge in [-0.25, -0.2) is 0 Å². The van der Waals surface area contributed by atoms with Crippen LogP contribution in [0.4, 0.5) is 34.1 Å². The van der Waals surface area contributed by atoms with Crippen molar-refractivity contribution in [3.05, 3.63) is 161 Å². The van der Waals surface area contributed by atoms with Gasteiger partial charge in [-0.05, 0) is 181 Å².